The number of carbonyl (C=O) groups excluding carboxylic acids is 1. The van der Waals surface area contributed by atoms with Gasteiger partial charge >= 0.3 is 0 Å². The number of Topliss-reactive ketones (excluding diaryl/α,β-unsaturated/α-hetero) is 1. The number of methoxy groups -OCH3 is 2. The minimum atomic E-state index is -0.108. The highest BCUT2D eigenvalue weighted by Crippen LogP contribution is 2.28. The number of hydrogen-bond acceptors (Lipinski definition) is 5. The SMILES string of the molecule is COCCn1c(C)cc(C(=O)COc2ccc(C#N)cc2OC)c1C. The molecule has 0 fully saturated rings. The van der Waals surface area contributed by atoms with Crippen LogP contribution in [0, 0.1) is 25.2 Å². The number of nitrogens with zero attached hydrogens (tertiary/aromatic N) is 2. The normalized spacial score (nSPS) is 10.4. The Morgan fingerprint density at radius 2 is 1.96 bits per heavy atom. The smallest absolute Gasteiger partial charge is 0.202 e. The van der Waals surface area contributed by atoms with E-state index in [0.717, 1.165) is 11.4 Å². The summed E-state index contributed by atoms with van der Waals surface area (Å²) in [5, 5.41) is 8.92. The number of aryl methyl sites for hydroxylation is 1. The number of ether oxygens (including phenoxy) is 3. The molecule has 1 aromatic carbocycles. The Hall–Kier alpha value is -2.78. The lowest BCUT2D eigenvalue weighted by Crippen LogP contribution is -2.14. The molecule has 0 bridgehead atoms. The summed E-state index contributed by atoms with van der Waals surface area (Å²) in [6.07, 6.45) is 0. The van der Waals surface area contributed by atoms with E-state index in [0.29, 0.717) is 35.8 Å². The number of ketones is 1. The standard InChI is InChI=1S/C19H22N2O4/c1-13-9-16(14(2)21(13)7-8-23-3)17(22)12-25-18-6-5-15(11-20)10-19(18)24-4/h5-6,9-10H,7-8,12H2,1-4H3. The number of hydrogen-bond donors (Lipinski definition) is 0. The van der Waals surface area contributed by atoms with Gasteiger partial charge in [0, 0.05) is 36.7 Å². The molecule has 2 aromatic rings. The maximum atomic E-state index is 12.5. The molecular formula is C19H22N2O4. The Balaban J connectivity index is 2.12. The zero-order valence-electron chi connectivity index (χ0n) is 15.0. The fourth-order valence-electron chi connectivity index (χ4n) is 2.69. The third-order valence-electron chi connectivity index (χ3n) is 4.04. The van der Waals surface area contributed by atoms with Crippen LogP contribution in [0.25, 0.3) is 0 Å². The van der Waals surface area contributed by atoms with E-state index in [-0.39, 0.29) is 12.4 Å². The number of benzene rings is 1. The number of aromatic nitrogens is 1. The lowest BCUT2D eigenvalue weighted by molar-refractivity contribution is 0.0918. The molecule has 6 heteroatoms. The lowest BCUT2D eigenvalue weighted by atomic mass is 10.1. The van der Waals surface area contributed by atoms with Gasteiger partial charge in [0.15, 0.2) is 18.1 Å². The van der Waals surface area contributed by atoms with Crippen LogP contribution in [0.4, 0.5) is 0 Å². The van der Waals surface area contributed by atoms with E-state index in [4.69, 9.17) is 19.5 Å². The van der Waals surface area contributed by atoms with Gasteiger partial charge in [0.05, 0.1) is 25.3 Å². The Morgan fingerprint density at radius 3 is 2.60 bits per heavy atom. The van der Waals surface area contributed by atoms with E-state index >= 15 is 0 Å². The van der Waals surface area contributed by atoms with Gasteiger partial charge in [0.2, 0.25) is 5.78 Å². The summed E-state index contributed by atoms with van der Waals surface area (Å²) in [7, 11) is 3.15. The number of carbonyl (C=O) groups is 1. The maximum Gasteiger partial charge on any atom is 0.202 e. The molecule has 0 N–H and O–H groups in total. The molecule has 0 saturated heterocycles. The first-order chi connectivity index (χ1) is 12.0. The molecule has 0 saturated carbocycles. The summed E-state index contributed by atoms with van der Waals surface area (Å²) in [6, 6.07) is 8.74. The average molecular weight is 342 g/mol. The quantitative estimate of drug-likeness (QED) is 0.690. The van der Waals surface area contributed by atoms with Gasteiger partial charge in [-0.05, 0) is 32.0 Å². The Morgan fingerprint density at radius 1 is 1.20 bits per heavy atom. The molecule has 132 valence electrons. The molecule has 0 spiro atoms. The molecular weight excluding hydrogens is 320 g/mol. The minimum Gasteiger partial charge on any atom is -0.493 e. The molecule has 0 aliphatic heterocycles. The summed E-state index contributed by atoms with van der Waals surface area (Å²) in [6.45, 7) is 5.06. The van der Waals surface area contributed by atoms with Gasteiger partial charge < -0.3 is 18.8 Å². The van der Waals surface area contributed by atoms with Crippen molar-refractivity contribution < 1.29 is 19.0 Å². The summed E-state index contributed by atoms with van der Waals surface area (Å²) >= 11 is 0. The fraction of sp³-hybridized carbons (Fsp3) is 0.368. The van der Waals surface area contributed by atoms with Gasteiger partial charge in [-0.15, -0.1) is 0 Å². The second-order valence-electron chi connectivity index (χ2n) is 5.62. The second kappa shape index (κ2) is 8.36. The predicted octanol–water partition coefficient (Wildman–Crippen LogP) is 2.89. The van der Waals surface area contributed by atoms with E-state index in [1.165, 1.54) is 7.11 Å². The summed E-state index contributed by atoms with van der Waals surface area (Å²) in [4.78, 5) is 12.5. The van der Waals surface area contributed by atoms with E-state index in [1.807, 2.05) is 26.0 Å². The van der Waals surface area contributed by atoms with Crippen molar-refractivity contribution in [3.8, 4) is 17.6 Å². The van der Waals surface area contributed by atoms with Crippen LogP contribution >= 0.6 is 0 Å². The van der Waals surface area contributed by atoms with Gasteiger partial charge in [-0.1, -0.05) is 0 Å². The van der Waals surface area contributed by atoms with Crippen LogP contribution in [0.1, 0.15) is 27.3 Å². The molecule has 1 heterocycles. The van der Waals surface area contributed by atoms with Crippen LogP contribution in [0.3, 0.4) is 0 Å². The van der Waals surface area contributed by atoms with Crippen LogP contribution < -0.4 is 9.47 Å². The van der Waals surface area contributed by atoms with Crippen LogP contribution in [0.15, 0.2) is 24.3 Å². The van der Waals surface area contributed by atoms with E-state index in [9.17, 15) is 4.79 Å². The van der Waals surface area contributed by atoms with Crippen LogP contribution in [0.2, 0.25) is 0 Å². The number of nitriles is 1. The van der Waals surface area contributed by atoms with E-state index in [1.54, 1.807) is 25.3 Å². The van der Waals surface area contributed by atoms with Crippen molar-refractivity contribution in [3.63, 3.8) is 0 Å². The highest BCUT2D eigenvalue weighted by molar-refractivity contribution is 5.98. The van der Waals surface area contributed by atoms with Crippen LogP contribution in [-0.2, 0) is 11.3 Å². The molecule has 1 aromatic heterocycles. The van der Waals surface area contributed by atoms with Gasteiger partial charge in [-0.3, -0.25) is 4.79 Å². The third kappa shape index (κ3) is 4.20. The Labute approximate surface area is 147 Å². The van der Waals surface area contributed by atoms with Gasteiger partial charge in [0.25, 0.3) is 0 Å². The lowest BCUT2D eigenvalue weighted by Gasteiger charge is -2.11. The first kappa shape index (κ1) is 18.6. The molecule has 6 nitrogen and oxygen atoms in total. The molecule has 0 atom stereocenters. The van der Waals surface area contributed by atoms with Crippen molar-refractivity contribution in [2.24, 2.45) is 0 Å². The van der Waals surface area contributed by atoms with Gasteiger partial charge in [-0.25, -0.2) is 0 Å². The summed E-state index contributed by atoms with van der Waals surface area (Å²) in [5.74, 6) is 0.753. The predicted molar refractivity (Wildman–Crippen MR) is 93.3 cm³/mol. The largest absolute Gasteiger partial charge is 0.493 e. The van der Waals surface area contributed by atoms with E-state index in [2.05, 4.69) is 4.57 Å². The molecule has 0 amide bonds. The molecule has 0 aliphatic carbocycles. The van der Waals surface area contributed by atoms with Gasteiger partial charge in [-0.2, -0.15) is 5.26 Å². The van der Waals surface area contributed by atoms with Crippen molar-refractivity contribution in [1.82, 2.24) is 4.57 Å². The van der Waals surface area contributed by atoms with Crippen molar-refractivity contribution in [2.75, 3.05) is 27.4 Å². The molecule has 0 unspecified atom stereocenters. The molecule has 25 heavy (non-hydrogen) atoms. The first-order valence-corrected chi connectivity index (χ1v) is 7.91. The number of rotatable bonds is 8. The Bertz CT molecular complexity index is 802. The fourth-order valence-corrected chi connectivity index (χ4v) is 2.69. The van der Waals surface area contributed by atoms with Crippen molar-refractivity contribution in [2.45, 2.75) is 20.4 Å². The maximum absolute atomic E-state index is 12.5. The molecule has 0 aliphatic rings. The topological polar surface area (TPSA) is 73.5 Å². The monoisotopic (exact) mass is 342 g/mol. The summed E-state index contributed by atoms with van der Waals surface area (Å²) in [5.41, 5.74) is 3.02. The third-order valence-corrected chi connectivity index (χ3v) is 4.04. The zero-order chi connectivity index (χ0) is 18.4. The summed E-state index contributed by atoms with van der Waals surface area (Å²) < 4.78 is 18.0. The molecule has 0 radical (unpaired) electrons. The zero-order valence-corrected chi connectivity index (χ0v) is 15.0. The first-order valence-electron chi connectivity index (χ1n) is 7.91. The minimum absolute atomic E-state index is 0.100. The highest BCUT2D eigenvalue weighted by Gasteiger charge is 2.17. The van der Waals surface area contributed by atoms with Crippen molar-refractivity contribution in [1.29, 1.82) is 5.26 Å². The highest BCUT2D eigenvalue weighted by atomic mass is 16.5. The van der Waals surface area contributed by atoms with Crippen molar-refractivity contribution in [3.05, 3.63) is 46.8 Å². The van der Waals surface area contributed by atoms with Gasteiger partial charge in [0.1, 0.15) is 0 Å². The molecule has 2 rings (SSSR count). The second-order valence-corrected chi connectivity index (χ2v) is 5.62. The average Bonchev–Trinajstić information content (AvgIpc) is 2.91. The van der Waals surface area contributed by atoms with Crippen LogP contribution in [0.5, 0.6) is 11.5 Å². The van der Waals surface area contributed by atoms with Crippen molar-refractivity contribution >= 4 is 5.78 Å². The van der Waals surface area contributed by atoms with Crippen LogP contribution in [-0.4, -0.2) is 37.8 Å². The van der Waals surface area contributed by atoms with E-state index < -0.39 is 0 Å². The Kier molecular flexibility index (Phi) is 6.20.